The van der Waals surface area contributed by atoms with Gasteiger partial charge in [0.2, 0.25) is 0 Å². The summed E-state index contributed by atoms with van der Waals surface area (Å²) in [5.41, 5.74) is 3.02. The molecule has 0 spiro atoms. The van der Waals surface area contributed by atoms with E-state index in [0.717, 1.165) is 16.4 Å². The van der Waals surface area contributed by atoms with Crippen LogP contribution in [0.15, 0.2) is 77.0 Å². The summed E-state index contributed by atoms with van der Waals surface area (Å²) < 4.78 is 51.5. The van der Waals surface area contributed by atoms with Gasteiger partial charge in [0.15, 0.2) is 11.5 Å². The highest BCUT2D eigenvalue weighted by molar-refractivity contribution is 7.92. The number of rotatable bonds is 9. The Morgan fingerprint density at radius 1 is 1.12 bits per heavy atom. The van der Waals surface area contributed by atoms with E-state index in [9.17, 15) is 17.6 Å². The Morgan fingerprint density at radius 2 is 1.85 bits per heavy atom. The quantitative estimate of drug-likeness (QED) is 0.379. The first kappa shape index (κ1) is 23.7. The largest absolute Gasteiger partial charge is 0.493 e. The van der Waals surface area contributed by atoms with E-state index in [-0.39, 0.29) is 16.3 Å². The average Bonchev–Trinajstić information content (AvgIpc) is 2.83. The van der Waals surface area contributed by atoms with Crippen molar-refractivity contribution in [3.63, 3.8) is 0 Å². The third kappa shape index (κ3) is 5.83. The van der Waals surface area contributed by atoms with Gasteiger partial charge in [-0.25, -0.2) is 18.2 Å². The van der Waals surface area contributed by atoms with E-state index in [4.69, 9.17) is 9.47 Å². The van der Waals surface area contributed by atoms with Crippen LogP contribution in [0.1, 0.15) is 5.56 Å². The molecular formula is C22H21FN4O5S. The minimum atomic E-state index is -4.24. The fourth-order valence-corrected chi connectivity index (χ4v) is 4.26. The van der Waals surface area contributed by atoms with Crippen molar-refractivity contribution in [3.05, 3.63) is 78.4 Å². The summed E-state index contributed by atoms with van der Waals surface area (Å²) in [7, 11) is -1.45. The van der Waals surface area contributed by atoms with Crippen LogP contribution in [0, 0.1) is 5.82 Å². The van der Waals surface area contributed by atoms with Crippen molar-refractivity contribution in [3.8, 4) is 11.5 Å². The Labute approximate surface area is 190 Å². The molecule has 0 radical (unpaired) electrons. The van der Waals surface area contributed by atoms with Crippen LogP contribution in [0.2, 0.25) is 0 Å². The second kappa shape index (κ2) is 10.6. The average molecular weight is 472 g/mol. The lowest BCUT2D eigenvalue weighted by atomic mass is 10.3. The van der Waals surface area contributed by atoms with Crippen molar-refractivity contribution in [2.75, 3.05) is 25.1 Å². The zero-order chi connectivity index (χ0) is 23.8. The standard InChI is InChI=1S/C22H21FN4O5S/c1-31-20-10-9-19(12-21(20)32-2)33(29,30)27(18-7-5-17(23)6-8-18)15-22(28)26-25-14-16-4-3-11-24-13-16/h3-14H,15H2,1-2H3,(H,26,28)/b25-14-. The highest BCUT2D eigenvalue weighted by Crippen LogP contribution is 2.32. The van der Waals surface area contributed by atoms with Gasteiger partial charge in [-0.3, -0.25) is 14.1 Å². The molecule has 0 saturated heterocycles. The van der Waals surface area contributed by atoms with Gasteiger partial charge in [-0.2, -0.15) is 5.10 Å². The first-order valence-corrected chi connectivity index (χ1v) is 11.0. The SMILES string of the molecule is COc1ccc(S(=O)(=O)N(CC(=O)N/N=C\c2cccnc2)c2ccc(F)cc2)cc1OC. The van der Waals surface area contributed by atoms with Crippen molar-refractivity contribution >= 4 is 27.8 Å². The van der Waals surface area contributed by atoms with Crippen LogP contribution in [0.3, 0.4) is 0 Å². The molecule has 1 N–H and O–H groups in total. The number of methoxy groups -OCH3 is 2. The number of hydrazone groups is 1. The van der Waals surface area contributed by atoms with Crippen LogP contribution >= 0.6 is 0 Å². The van der Waals surface area contributed by atoms with Gasteiger partial charge in [-0.1, -0.05) is 6.07 Å². The maximum atomic E-state index is 13.4. The monoisotopic (exact) mass is 472 g/mol. The number of anilines is 1. The van der Waals surface area contributed by atoms with Gasteiger partial charge in [-0.15, -0.1) is 0 Å². The number of sulfonamides is 1. The molecule has 0 bridgehead atoms. The Hall–Kier alpha value is -3.99. The molecule has 0 aliphatic carbocycles. The van der Waals surface area contributed by atoms with E-state index in [1.807, 2.05) is 0 Å². The Bertz CT molecular complexity index is 1240. The summed E-state index contributed by atoms with van der Waals surface area (Å²) in [5, 5.41) is 3.82. The third-order valence-electron chi connectivity index (χ3n) is 4.43. The molecule has 0 aliphatic heterocycles. The zero-order valence-electron chi connectivity index (χ0n) is 17.8. The molecule has 1 aromatic heterocycles. The maximum absolute atomic E-state index is 13.4. The number of pyridine rings is 1. The number of carbonyl (C=O) groups excluding carboxylic acids is 1. The number of amides is 1. The highest BCUT2D eigenvalue weighted by Gasteiger charge is 2.28. The first-order valence-electron chi connectivity index (χ1n) is 9.57. The molecule has 0 saturated carbocycles. The minimum absolute atomic E-state index is 0.0950. The van der Waals surface area contributed by atoms with E-state index < -0.39 is 28.3 Å². The lowest BCUT2D eigenvalue weighted by Gasteiger charge is -2.24. The van der Waals surface area contributed by atoms with Gasteiger partial charge in [0, 0.05) is 24.0 Å². The maximum Gasteiger partial charge on any atom is 0.264 e. The highest BCUT2D eigenvalue weighted by atomic mass is 32.2. The summed E-state index contributed by atoms with van der Waals surface area (Å²) in [6.07, 6.45) is 4.51. The summed E-state index contributed by atoms with van der Waals surface area (Å²) in [4.78, 5) is 16.3. The summed E-state index contributed by atoms with van der Waals surface area (Å²) in [6.45, 7) is -0.604. The Morgan fingerprint density at radius 3 is 2.48 bits per heavy atom. The number of hydrogen-bond acceptors (Lipinski definition) is 7. The van der Waals surface area contributed by atoms with E-state index in [2.05, 4.69) is 15.5 Å². The van der Waals surface area contributed by atoms with Crippen molar-refractivity contribution in [2.24, 2.45) is 5.10 Å². The number of aromatic nitrogens is 1. The summed E-state index contributed by atoms with van der Waals surface area (Å²) in [5.74, 6) is -0.716. The summed E-state index contributed by atoms with van der Waals surface area (Å²) >= 11 is 0. The molecule has 9 nitrogen and oxygen atoms in total. The smallest absolute Gasteiger partial charge is 0.264 e. The predicted octanol–water partition coefficient (Wildman–Crippen LogP) is 2.58. The second-order valence-electron chi connectivity index (χ2n) is 6.58. The van der Waals surface area contributed by atoms with Gasteiger partial charge in [0.1, 0.15) is 12.4 Å². The van der Waals surface area contributed by atoms with Gasteiger partial charge in [0.25, 0.3) is 15.9 Å². The number of nitrogens with zero attached hydrogens (tertiary/aromatic N) is 3. The van der Waals surface area contributed by atoms with Crippen LogP contribution in [0.5, 0.6) is 11.5 Å². The molecule has 1 amide bonds. The van der Waals surface area contributed by atoms with Crippen LogP contribution < -0.4 is 19.2 Å². The molecule has 0 atom stereocenters. The van der Waals surface area contributed by atoms with Crippen LogP contribution in [-0.4, -0.2) is 46.3 Å². The molecule has 0 unspecified atom stereocenters. The number of benzene rings is 2. The van der Waals surface area contributed by atoms with Gasteiger partial charge in [0.05, 0.1) is 31.0 Å². The normalized spacial score (nSPS) is 11.2. The Balaban J connectivity index is 1.90. The van der Waals surface area contributed by atoms with Crippen LogP contribution in [0.25, 0.3) is 0 Å². The van der Waals surface area contributed by atoms with Gasteiger partial charge >= 0.3 is 0 Å². The zero-order valence-corrected chi connectivity index (χ0v) is 18.6. The van der Waals surface area contributed by atoms with E-state index >= 15 is 0 Å². The number of nitrogens with one attached hydrogen (secondary N) is 1. The van der Waals surface area contributed by atoms with E-state index in [1.165, 1.54) is 50.8 Å². The van der Waals surface area contributed by atoms with Crippen molar-refractivity contribution in [1.29, 1.82) is 0 Å². The molecule has 2 aromatic carbocycles. The molecule has 11 heteroatoms. The Kier molecular flexibility index (Phi) is 7.57. The molecule has 172 valence electrons. The van der Waals surface area contributed by atoms with Crippen molar-refractivity contribution in [2.45, 2.75) is 4.90 Å². The molecular weight excluding hydrogens is 451 g/mol. The second-order valence-corrected chi connectivity index (χ2v) is 8.45. The van der Waals surface area contributed by atoms with Gasteiger partial charge in [-0.05, 0) is 42.5 Å². The molecule has 1 heterocycles. The first-order chi connectivity index (χ1) is 15.8. The predicted molar refractivity (Wildman–Crippen MR) is 120 cm³/mol. The summed E-state index contributed by atoms with van der Waals surface area (Å²) in [6, 6.07) is 12.2. The number of halogens is 1. The molecule has 0 fully saturated rings. The molecule has 0 aliphatic rings. The fourth-order valence-electron chi connectivity index (χ4n) is 2.82. The van der Waals surface area contributed by atoms with Gasteiger partial charge < -0.3 is 9.47 Å². The number of hydrogen-bond donors (Lipinski definition) is 1. The third-order valence-corrected chi connectivity index (χ3v) is 6.20. The minimum Gasteiger partial charge on any atom is -0.493 e. The van der Waals surface area contributed by atoms with Crippen LogP contribution in [-0.2, 0) is 14.8 Å². The van der Waals surface area contributed by atoms with E-state index in [0.29, 0.717) is 11.3 Å². The van der Waals surface area contributed by atoms with E-state index in [1.54, 1.807) is 24.5 Å². The van der Waals surface area contributed by atoms with Crippen molar-refractivity contribution in [1.82, 2.24) is 10.4 Å². The number of carbonyl (C=O) groups is 1. The molecule has 3 rings (SSSR count). The molecule has 33 heavy (non-hydrogen) atoms. The van der Waals surface area contributed by atoms with Crippen LogP contribution in [0.4, 0.5) is 10.1 Å². The lowest BCUT2D eigenvalue weighted by molar-refractivity contribution is -0.119. The number of ether oxygens (including phenoxy) is 2. The van der Waals surface area contributed by atoms with Crippen molar-refractivity contribution < 1.29 is 27.1 Å². The topological polar surface area (TPSA) is 110 Å². The molecule has 3 aromatic rings. The lowest BCUT2D eigenvalue weighted by Crippen LogP contribution is -2.39. The fraction of sp³-hybridized carbons (Fsp3) is 0.136.